The maximum atomic E-state index is 8.59. The highest BCUT2D eigenvalue weighted by atomic mass is 15.3. The molecule has 2 aromatic rings. The molecule has 0 unspecified atom stereocenters. The van der Waals surface area contributed by atoms with Gasteiger partial charge in [-0.05, 0) is 13.0 Å². The number of fused-ring (bicyclic) bond motifs is 1. The van der Waals surface area contributed by atoms with Crippen LogP contribution in [0.4, 0.5) is 5.69 Å². The highest BCUT2D eigenvalue weighted by molar-refractivity contribution is 5.85. The molecule has 13 heavy (non-hydrogen) atoms. The second-order valence-corrected chi connectivity index (χ2v) is 3.01. The Morgan fingerprint density at radius 2 is 2.23 bits per heavy atom. The van der Waals surface area contributed by atoms with Crippen LogP contribution in [0.1, 0.15) is 5.69 Å². The Bertz CT molecular complexity index is 504. The topological polar surface area (TPSA) is 46.0 Å². The van der Waals surface area contributed by atoms with E-state index in [0.29, 0.717) is 5.69 Å². The predicted octanol–water partition coefficient (Wildman–Crippen LogP) is 2.37. The summed E-state index contributed by atoms with van der Waals surface area (Å²) in [5.41, 5.74) is 2.55. The van der Waals surface area contributed by atoms with Crippen LogP contribution < -0.4 is 0 Å². The van der Waals surface area contributed by atoms with Crippen LogP contribution >= 0.6 is 0 Å². The Balaban J connectivity index is 2.86. The quantitative estimate of drug-likeness (QED) is 0.574. The summed E-state index contributed by atoms with van der Waals surface area (Å²) in [4.78, 5) is 3.13. The standard InChI is InChI=1S/C9H9N4/c1-6-8-5-7(11-10)3-4-9(8)13(2)12-6/h3-5H,1-2H3/q+1. The van der Waals surface area contributed by atoms with Crippen molar-refractivity contribution in [3.8, 4) is 0 Å². The van der Waals surface area contributed by atoms with Crippen LogP contribution in [0.25, 0.3) is 15.9 Å². The van der Waals surface area contributed by atoms with Crippen LogP contribution in [0.3, 0.4) is 0 Å². The van der Waals surface area contributed by atoms with Gasteiger partial charge in [-0.3, -0.25) is 4.68 Å². The molecule has 0 aliphatic carbocycles. The van der Waals surface area contributed by atoms with Gasteiger partial charge in [0.1, 0.15) is 0 Å². The summed E-state index contributed by atoms with van der Waals surface area (Å²) >= 11 is 0. The summed E-state index contributed by atoms with van der Waals surface area (Å²) in [6, 6.07) is 5.46. The highest BCUT2D eigenvalue weighted by Crippen LogP contribution is 2.22. The lowest BCUT2D eigenvalue weighted by atomic mass is 10.2. The average Bonchev–Trinajstić information content (AvgIpc) is 2.42. The molecule has 0 radical (unpaired) electrons. The van der Waals surface area contributed by atoms with E-state index in [-0.39, 0.29) is 0 Å². The van der Waals surface area contributed by atoms with Crippen molar-refractivity contribution in [2.24, 2.45) is 7.05 Å². The Morgan fingerprint density at radius 1 is 1.46 bits per heavy atom. The zero-order valence-corrected chi connectivity index (χ0v) is 7.52. The molecule has 0 aliphatic rings. The molecule has 0 aliphatic heterocycles. The van der Waals surface area contributed by atoms with E-state index in [9.17, 15) is 0 Å². The Labute approximate surface area is 75.4 Å². The number of diazo groups is 1. The maximum absolute atomic E-state index is 8.59. The fourth-order valence-electron chi connectivity index (χ4n) is 1.49. The van der Waals surface area contributed by atoms with Crippen molar-refractivity contribution in [1.82, 2.24) is 9.78 Å². The van der Waals surface area contributed by atoms with E-state index in [0.717, 1.165) is 16.6 Å². The van der Waals surface area contributed by atoms with Crippen molar-refractivity contribution in [2.75, 3.05) is 0 Å². The summed E-state index contributed by atoms with van der Waals surface area (Å²) in [5.74, 6) is 0. The lowest BCUT2D eigenvalue weighted by Crippen LogP contribution is -1.88. The molecular weight excluding hydrogens is 164 g/mol. The summed E-state index contributed by atoms with van der Waals surface area (Å²) < 4.78 is 1.81. The number of aryl methyl sites for hydroxylation is 2. The van der Waals surface area contributed by atoms with E-state index in [1.807, 2.05) is 30.8 Å². The lowest BCUT2D eigenvalue weighted by Gasteiger charge is -1.89. The molecule has 0 saturated heterocycles. The fraction of sp³-hybridized carbons (Fsp3) is 0.222. The van der Waals surface area contributed by atoms with E-state index in [4.69, 9.17) is 5.39 Å². The van der Waals surface area contributed by atoms with Gasteiger partial charge in [0.25, 0.3) is 0 Å². The first-order valence-corrected chi connectivity index (χ1v) is 4.01. The van der Waals surface area contributed by atoms with Gasteiger partial charge in [-0.1, -0.05) is 0 Å². The second-order valence-electron chi connectivity index (χ2n) is 3.01. The van der Waals surface area contributed by atoms with E-state index >= 15 is 0 Å². The predicted molar refractivity (Wildman–Crippen MR) is 50.2 cm³/mol. The largest absolute Gasteiger partial charge is 0.385 e. The summed E-state index contributed by atoms with van der Waals surface area (Å²) in [6.45, 7) is 1.93. The minimum atomic E-state index is 0.559. The number of nitrogens with zero attached hydrogens (tertiary/aromatic N) is 4. The van der Waals surface area contributed by atoms with Gasteiger partial charge < -0.3 is 0 Å². The summed E-state index contributed by atoms with van der Waals surface area (Å²) in [5, 5.41) is 13.9. The third-order valence-corrected chi connectivity index (χ3v) is 2.13. The first-order valence-electron chi connectivity index (χ1n) is 4.01. The molecule has 1 aromatic carbocycles. The molecule has 0 saturated carbocycles. The van der Waals surface area contributed by atoms with E-state index < -0.39 is 0 Å². The molecule has 0 bridgehead atoms. The first-order chi connectivity index (χ1) is 6.22. The molecule has 0 fully saturated rings. The van der Waals surface area contributed by atoms with Crippen molar-refractivity contribution in [2.45, 2.75) is 6.92 Å². The molecule has 64 valence electrons. The van der Waals surface area contributed by atoms with Crippen LogP contribution in [0.2, 0.25) is 0 Å². The Morgan fingerprint density at radius 3 is 2.92 bits per heavy atom. The summed E-state index contributed by atoms with van der Waals surface area (Å²) in [6.07, 6.45) is 0. The summed E-state index contributed by atoms with van der Waals surface area (Å²) in [7, 11) is 1.89. The van der Waals surface area contributed by atoms with Gasteiger partial charge >= 0.3 is 5.69 Å². The van der Waals surface area contributed by atoms with Crippen molar-refractivity contribution in [3.05, 3.63) is 28.9 Å². The number of aromatic nitrogens is 2. The van der Waals surface area contributed by atoms with Gasteiger partial charge in [-0.2, -0.15) is 5.10 Å². The zero-order chi connectivity index (χ0) is 9.42. The number of rotatable bonds is 0. The molecule has 0 N–H and O–H groups in total. The number of hydrogen-bond donors (Lipinski definition) is 0. The lowest BCUT2D eigenvalue weighted by molar-refractivity contribution is 0.783. The van der Waals surface area contributed by atoms with Crippen molar-refractivity contribution in [3.63, 3.8) is 0 Å². The van der Waals surface area contributed by atoms with E-state index in [1.165, 1.54) is 0 Å². The molecule has 1 heterocycles. The molecule has 0 spiro atoms. The maximum Gasteiger partial charge on any atom is 0.385 e. The third kappa shape index (κ3) is 1.05. The van der Waals surface area contributed by atoms with Crippen LogP contribution in [0, 0.1) is 12.3 Å². The zero-order valence-electron chi connectivity index (χ0n) is 7.52. The van der Waals surface area contributed by atoms with Crippen molar-refractivity contribution in [1.29, 1.82) is 5.39 Å². The molecule has 0 amide bonds. The molecule has 4 heteroatoms. The van der Waals surface area contributed by atoms with Gasteiger partial charge in [-0.15, -0.1) is 0 Å². The second kappa shape index (κ2) is 2.56. The Hall–Kier alpha value is -1.89. The third-order valence-electron chi connectivity index (χ3n) is 2.13. The minimum Gasteiger partial charge on any atom is -0.268 e. The van der Waals surface area contributed by atoms with Crippen LogP contribution in [-0.2, 0) is 7.05 Å². The van der Waals surface area contributed by atoms with Crippen molar-refractivity contribution >= 4 is 16.6 Å². The van der Waals surface area contributed by atoms with Gasteiger partial charge in [0.15, 0.2) is 4.98 Å². The highest BCUT2D eigenvalue weighted by Gasteiger charge is 2.10. The SMILES string of the molecule is Cc1nn(C)c2ccc([N+]#N)cc12. The number of benzene rings is 1. The molecule has 1 aromatic heterocycles. The van der Waals surface area contributed by atoms with E-state index in [2.05, 4.69) is 10.1 Å². The molecule has 2 rings (SSSR count). The van der Waals surface area contributed by atoms with Gasteiger partial charge in [0.05, 0.1) is 11.2 Å². The van der Waals surface area contributed by atoms with Crippen LogP contribution in [-0.4, -0.2) is 9.78 Å². The average molecular weight is 173 g/mol. The van der Waals surface area contributed by atoms with Crippen LogP contribution in [0.5, 0.6) is 0 Å². The first kappa shape index (κ1) is 7.74. The smallest absolute Gasteiger partial charge is 0.268 e. The van der Waals surface area contributed by atoms with Crippen molar-refractivity contribution < 1.29 is 0 Å². The van der Waals surface area contributed by atoms with Gasteiger partial charge in [0, 0.05) is 24.6 Å². The Kier molecular flexibility index (Phi) is 1.52. The molecular formula is C9H9N4+. The monoisotopic (exact) mass is 173 g/mol. The van der Waals surface area contributed by atoms with Gasteiger partial charge in [0.2, 0.25) is 5.39 Å². The molecule has 0 atom stereocenters. The minimum absolute atomic E-state index is 0.559. The number of hydrogen-bond acceptors (Lipinski definition) is 2. The molecule has 4 nitrogen and oxygen atoms in total. The fourth-order valence-corrected chi connectivity index (χ4v) is 1.49. The van der Waals surface area contributed by atoms with Gasteiger partial charge in [-0.25, -0.2) is 0 Å². The van der Waals surface area contributed by atoms with E-state index in [1.54, 1.807) is 6.07 Å². The van der Waals surface area contributed by atoms with Crippen LogP contribution in [0.15, 0.2) is 18.2 Å². The normalized spacial score (nSPS) is 10.2.